The van der Waals surface area contributed by atoms with Crippen molar-refractivity contribution in [2.75, 3.05) is 20.1 Å². The summed E-state index contributed by atoms with van der Waals surface area (Å²) < 4.78 is 0. The predicted octanol–water partition coefficient (Wildman–Crippen LogP) is 4.64. The number of rotatable bonds is 6. The molecule has 4 rings (SSSR count). The average Bonchev–Trinajstić information content (AvgIpc) is 3.13. The first-order valence-electron chi connectivity index (χ1n) is 12.8. The molecular weight excluding hydrogens is 402 g/mol. The van der Waals surface area contributed by atoms with Crippen LogP contribution in [0.4, 0.5) is 4.79 Å². The fourth-order valence-electron chi connectivity index (χ4n) is 7.99. The van der Waals surface area contributed by atoms with Crippen molar-refractivity contribution >= 4 is 11.8 Å². The maximum atomic E-state index is 12.0. The molecule has 3 fully saturated rings. The first-order valence-corrected chi connectivity index (χ1v) is 12.8. The number of nitrogens with one attached hydrogen (secondary N) is 2. The van der Waals surface area contributed by atoms with E-state index in [9.17, 15) is 9.90 Å². The van der Waals surface area contributed by atoms with Gasteiger partial charge in [0.05, 0.1) is 11.8 Å². The molecule has 6 heteroatoms. The van der Waals surface area contributed by atoms with E-state index in [2.05, 4.69) is 35.7 Å². The molecule has 0 aromatic rings. The Bertz CT molecular complexity index is 765. The summed E-state index contributed by atoms with van der Waals surface area (Å²) in [5.41, 5.74) is 3.01. The third kappa shape index (κ3) is 4.25. The van der Waals surface area contributed by atoms with Crippen LogP contribution in [-0.4, -0.2) is 43.2 Å². The Morgan fingerprint density at radius 2 is 2.00 bits per heavy atom. The van der Waals surface area contributed by atoms with Crippen molar-refractivity contribution in [1.29, 1.82) is 0 Å². The highest BCUT2D eigenvalue weighted by atomic mass is 16.7. The van der Waals surface area contributed by atoms with E-state index >= 15 is 0 Å². The number of carbonyl (C=O) groups is 1. The minimum absolute atomic E-state index is 0.144. The van der Waals surface area contributed by atoms with Crippen LogP contribution in [0.15, 0.2) is 16.8 Å². The van der Waals surface area contributed by atoms with Gasteiger partial charge in [0.15, 0.2) is 0 Å². The number of allylic oxidation sites excluding steroid dienone is 1. The first-order chi connectivity index (χ1) is 15.3. The third-order valence-electron chi connectivity index (χ3n) is 9.73. The third-order valence-corrected chi connectivity index (χ3v) is 9.73. The Balaban J connectivity index is 1.42. The van der Waals surface area contributed by atoms with Crippen LogP contribution in [0.5, 0.6) is 0 Å². The maximum Gasteiger partial charge on any atom is 0.433 e. The summed E-state index contributed by atoms with van der Waals surface area (Å²) in [6, 6.07) is 0. The fourth-order valence-corrected chi connectivity index (χ4v) is 7.99. The van der Waals surface area contributed by atoms with E-state index in [1.807, 2.05) is 14.0 Å². The normalized spacial score (nSPS) is 41.2. The van der Waals surface area contributed by atoms with Crippen molar-refractivity contribution in [3.63, 3.8) is 0 Å². The maximum absolute atomic E-state index is 12.0. The van der Waals surface area contributed by atoms with Crippen molar-refractivity contribution in [1.82, 2.24) is 10.6 Å². The van der Waals surface area contributed by atoms with Gasteiger partial charge in [0, 0.05) is 12.5 Å². The van der Waals surface area contributed by atoms with Gasteiger partial charge in [-0.3, -0.25) is 4.84 Å². The second-order valence-corrected chi connectivity index (χ2v) is 11.3. The van der Waals surface area contributed by atoms with Gasteiger partial charge >= 0.3 is 6.09 Å². The molecule has 3 saturated carbocycles. The van der Waals surface area contributed by atoms with Gasteiger partial charge in [0.2, 0.25) is 0 Å². The minimum Gasteiger partial charge on any atom is -0.393 e. The molecule has 0 unspecified atom stereocenters. The molecule has 6 nitrogen and oxygen atoms in total. The van der Waals surface area contributed by atoms with Crippen LogP contribution in [-0.2, 0) is 4.84 Å². The lowest BCUT2D eigenvalue weighted by Gasteiger charge is -2.58. The molecule has 3 N–H and O–H groups in total. The number of hydrogen-bond donors (Lipinski definition) is 3. The van der Waals surface area contributed by atoms with Gasteiger partial charge in [0.25, 0.3) is 0 Å². The summed E-state index contributed by atoms with van der Waals surface area (Å²) in [6.07, 6.45) is 11.7. The van der Waals surface area contributed by atoms with Crippen molar-refractivity contribution in [2.24, 2.45) is 39.7 Å². The fraction of sp³-hybridized carbons (Fsp3) is 0.846. The molecule has 32 heavy (non-hydrogen) atoms. The second kappa shape index (κ2) is 9.46. The lowest BCUT2D eigenvalue weighted by molar-refractivity contribution is -0.0425. The molecular formula is C26H43N3O3. The average molecular weight is 446 g/mol. The van der Waals surface area contributed by atoms with Crippen LogP contribution >= 0.6 is 0 Å². The van der Waals surface area contributed by atoms with E-state index in [1.54, 1.807) is 0 Å². The van der Waals surface area contributed by atoms with Crippen LogP contribution in [0.1, 0.15) is 78.6 Å². The quantitative estimate of drug-likeness (QED) is 0.183. The highest BCUT2D eigenvalue weighted by Gasteiger charge is 2.59. The van der Waals surface area contributed by atoms with Crippen LogP contribution < -0.4 is 10.6 Å². The smallest absolute Gasteiger partial charge is 0.393 e. The van der Waals surface area contributed by atoms with Gasteiger partial charge in [-0.25, -0.2) is 4.79 Å². The summed E-state index contributed by atoms with van der Waals surface area (Å²) >= 11 is 0. The summed E-state index contributed by atoms with van der Waals surface area (Å²) in [7, 11) is 1.90. The molecule has 0 heterocycles. The highest BCUT2D eigenvalue weighted by Crippen LogP contribution is 2.66. The number of hydrogen-bond acceptors (Lipinski definition) is 5. The van der Waals surface area contributed by atoms with Gasteiger partial charge in [-0.1, -0.05) is 30.7 Å². The number of nitrogens with zero attached hydrogens (tertiary/aromatic N) is 1. The van der Waals surface area contributed by atoms with Gasteiger partial charge in [-0.2, -0.15) is 0 Å². The zero-order valence-electron chi connectivity index (χ0n) is 20.5. The van der Waals surface area contributed by atoms with E-state index in [4.69, 9.17) is 4.84 Å². The molecule has 0 radical (unpaired) electrons. The Morgan fingerprint density at radius 3 is 2.78 bits per heavy atom. The van der Waals surface area contributed by atoms with Gasteiger partial charge in [-0.05, 0) is 107 Å². The number of amides is 1. The van der Waals surface area contributed by atoms with Crippen LogP contribution in [0.2, 0.25) is 0 Å². The lowest BCUT2D eigenvalue weighted by atomic mass is 9.47. The van der Waals surface area contributed by atoms with Crippen molar-refractivity contribution in [3.05, 3.63) is 11.6 Å². The van der Waals surface area contributed by atoms with E-state index in [-0.39, 0.29) is 16.9 Å². The van der Waals surface area contributed by atoms with E-state index < -0.39 is 6.09 Å². The van der Waals surface area contributed by atoms with Gasteiger partial charge < -0.3 is 15.7 Å². The standard InChI is InChI=1S/C26H43N3O3/c1-17(29-32-24(31)28-15-5-14-27-4)21-8-9-22-20-7-6-18-16-19(30)10-12-25(18,2)23(20)11-13-26(21,22)3/h6,19-23,27,30H,5,7-16H2,1-4H3,(H,28,31)/b29-17+/t19-,20-,21+,22-,23-,25-,26+/m0/s1. The first kappa shape index (κ1) is 23.7. The number of aliphatic hydroxyl groups excluding tert-OH is 1. The zero-order chi connectivity index (χ0) is 22.9. The molecule has 4 aliphatic carbocycles. The summed E-state index contributed by atoms with van der Waals surface area (Å²) in [5.74, 6) is 2.56. The topological polar surface area (TPSA) is 83.0 Å². The molecule has 0 aliphatic heterocycles. The minimum atomic E-state index is -0.457. The van der Waals surface area contributed by atoms with Crippen LogP contribution in [0, 0.1) is 34.5 Å². The Morgan fingerprint density at radius 1 is 1.19 bits per heavy atom. The SMILES string of the molecule is CNCCCNC(=O)O/N=C(\C)[C@H]1CC[C@H]2[C@@H]3CC=C4C[C@@H](O)CC[C@]4(C)[C@H]3CC[C@]12C. The molecule has 4 aliphatic rings. The molecule has 0 aromatic carbocycles. The Labute approximate surface area is 193 Å². The summed E-state index contributed by atoms with van der Waals surface area (Å²) in [6.45, 7) is 8.44. The van der Waals surface area contributed by atoms with E-state index in [0.717, 1.165) is 62.6 Å². The molecule has 0 aromatic heterocycles. The second-order valence-electron chi connectivity index (χ2n) is 11.3. The van der Waals surface area contributed by atoms with Crippen LogP contribution in [0.3, 0.4) is 0 Å². The molecule has 180 valence electrons. The Kier molecular flexibility index (Phi) is 7.02. The predicted molar refractivity (Wildman–Crippen MR) is 127 cm³/mol. The van der Waals surface area contributed by atoms with Crippen molar-refractivity contribution in [2.45, 2.75) is 84.7 Å². The van der Waals surface area contributed by atoms with Crippen LogP contribution in [0.25, 0.3) is 0 Å². The Hall–Kier alpha value is -1.40. The van der Waals surface area contributed by atoms with Crippen molar-refractivity contribution in [3.8, 4) is 0 Å². The monoisotopic (exact) mass is 445 g/mol. The van der Waals surface area contributed by atoms with Gasteiger partial charge in [0.1, 0.15) is 0 Å². The van der Waals surface area contributed by atoms with Gasteiger partial charge in [-0.15, -0.1) is 0 Å². The summed E-state index contributed by atoms with van der Waals surface area (Å²) in [5, 5.41) is 20.3. The number of aliphatic hydroxyl groups is 1. The highest BCUT2D eigenvalue weighted by molar-refractivity contribution is 5.85. The molecule has 7 atom stereocenters. The lowest BCUT2D eigenvalue weighted by Crippen LogP contribution is -2.50. The van der Waals surface area contributed by atoms with E-state index in [0.29, 0.717) is 18.4 Å². The zero-order valence-corrected chi connectivity index (χ0v) is 20.5. The largest absolute Gasteiger partial charge is 0.433 e. The molecule has 0 bridgehead atoms. The number of carbonyl (C=O) groups excluding carboxylic acids is 1. The summed E-state index contributed by atoms with van der Waals surface area (Å²) in [4.78, 5) is 17.2. The molecule has 0 spiro atoms. The number of oxime groups is 1. The van der Waals surface area contributed by atoms with Crippen molar-refractivity contribution < 1.29 is 14.7 Å². The van der Waals surface area contributed by atoms with E-state index in [1.165, 1.54) is 24.8 Å². The molecule has 0 saturated heterocycles. The number of fused-ring (bicyclic) bond motifs is 5. The molecule has 1 amide bonds.